The van der Waals surface area contributed by atoms with Gasteiger partial charge < -0.3 is 15.2 Å². The molecule has 0 aliphatic heterocycles. The number of nitrogens with one attached hydrogen (secondary N) is 1. The maximum Gasteiger partial charge on any atom is 0.337 e. The van der Waals surface area contributed by atoms with Gasteiger partial charge in [-0.15, -0.1) is 0 Å². The summed E-state index contributed by atoms with van der Waals surface area (Å²) in [6.45, 7) is 1.89. The number of rotatable bonds is 6. The zero-order chi connectivity index (χ0) is 16.0. The predicted octanol–water partition coefficient (Wildman–Crippen LogP) is 2.97. The van der Waals surface area contributed by atoms with Gasteiger partial charge >= 0.3 is 11.9 Å². The van der Waals surface area contributed by atoms with Crippen LogP contribution in [-0.2, 0) is 14.3 Å². The highest BCUT2D eigenvalue weighted by Crippen LogP contribution is 2.30. The second kappa shape index (κ2) is 7.85. The fraction of sp³-hybridized carbons (Fsp3) is 0.308. The monoisotopic (exact) mass is 333 g/mol. The molecule has 0 saturated heterocycles. The van der Waals surface area contributed by atoms with Crippen molar-refractivity contribution in [1.82, 2.24) is 0 Å². The Bertz CT molecular complexity index is 574. The zero-order valence-electron chi connectivity index (χ0n) is 11.1. The lowest BCUT2D eigenvalue weighted by atomic mass is 10.1. The molecule has 0 atom stereocenters. The quantitative estimate of drug-likeness (QED) is 0.780. The largest absolute Gasteiger partial charge is 0.478 e. The molecule has 1 aromatic carbocycles. The van der Waals surface area contributed by atoms with Gasteiger partial charge in [-0.25, -0.2) is 4.79 Å². The van der Waals surface area contributed by atoms with Crippen molar-refractivity contribution < 1.29 is 24.2 Å². The van der Waals surface area contributed by atoms with Crippen molar-refractivity contribution in [3.8, 4) is 0 Å². The number of ether oxygens (including phenoxy) is 1. The molecule has 21 heavy (non-hydrogen) atoms. The zero-order valence-corrected chi connectivity index (χ0v) is 12.6. The molecule has 0 spiro atoms. The van der Waals surface area contributed by atoms with Gasteiger partial charge in [-0.1, -0.05) is 23.2 Å². The maximum absolute atomic E-state index is 11.7. The van der Waals surface area contributed by atoms with Crippen LogP contribution >= 0.6 is 23.2 Å². The van der Waals surface area contributed by atoms with Gasteiger partial charge in [0.1, 0.15) is 0 Å². The Labute approximate surface area is 131 Å². The smallest absolute Gasteiger partial charge is 0.337 e. The lowest BCUT2D eigenvalue weighted by Gasteiger charge is -2.11. The second-order valence-corrected chi connectivity index (χ2v) is 4.81. The van der Waals surface area contributed by atoms with Crippen LogP contribution in [0.25, 0.3) is 0 Å². The number of amides is 1. The Morgan fingerprint density at radius 1 is 1.24 bits per heavy atom. The molecule has 0 radical (unpaired) electrons. The highest BCUT2D eigenvalue weighted by Gasteiger charge is 2.17. The van der Waals surface area contributed by atoms with E-state index in [1.54, 1.807) is 6.92 Å². The molecule has 1 rings (SSSR count). The van der Waals surface area contributed by atoms with E-state index in [1.165, 1.54) is 12.1 Å². The Morgan fingerprint density at radius 2 is 1.90 bits per heavy atom. The van der Waals surface area contributed by atoms with Crippen molar-refractivity contribution in [3.05, 3.63) is 27.7 Å². The van der Waals surface area contributed by atoms with Crippen LogP contribution < -0.4 is 5.32 Å². The van der Waals surface area contributed by atoms with Crippen LogP contribution in [0.5, 0.6) is 0 Å². The number of carboxylic acid groups (broad SMARTS) is 1. The predicted molar refractivity (Wildman–Crippen MR) is 77.9 cm³/mol. The van der Waals surface area contributed by atoms with Gasteiger partial charge in [0, 0.05) is 11.4 Å². The van der Waals surface area contributed by atoms with E-state index in [1.807, 2.05) is 0 Å². The number of anilines is 1. The summed E-state index contributed by atoms with van der Waals surface area (Å²) in [6, 6.07) is 2.49. The van der Waals surface area contributed by atoms with E-state index in [0.29, 0.717) is 0 Å². The number of benzene rings is 1. The van der Waals surface area contributed by atoms with Crippen LogP contribution in [0.3, 0.4) is 0 Å². The third kappa shape index (κ3) is 5.24. The molecule has 1 aromatic rings. The van der Waals surface area contributed by atoms with Gasteiger partial charge in [0.15, 0.2) is 0 Å². The van der Waals surface area contributed by atoms with Crippen LogP contribution in [0.1, 0.15) is 30.1 Å². The lowest BCUT2D eigenvalue weighted by molar-refractivity contribution is -0.144. The Morgan fingerprint density at radius 3 is 2.48 bits per heavy atom. The summed E-state index contributed by atoms with van der Waals surface area (Å²) < 4.78 is 4.69. The minimum Gasteiger partial charge on any atom is -0.478 e. The highest BCUT2D eigenvalue weighted by atomic mass is 35.5. The van der Waals surface area contributed by atoms with Gasteiger partial charge in [0.25, 0.3) is 0 Å². The molecule has 0 bridgehead atoms. The summed E-state index contributed by atoms with van der Waals surface area (Å²) in [5, 5.41) is 11.6. The van der Waals surface area contributed by atoms with Crippen LogP contribution in [0.4, 0.5) is 5.69 Å². The van der Waals surface area contributed by atoms with Crippen molar-refractivity contribution >= 4 is 46.7 Å². The summed E-state index contributed by atoms with van der Waals surface area (Å²) in [5.41, 5.74) is -0.278. The first-order chi connectivity index (χ1) is 9.85. The minimum atomic E-state index is -1.28. The summed E-state index contributed by atoms with van der Waals surface area (Å²) in [6.07, 6.45) is -0.246. The topological polar surface area (TPSA) is 92.7 Å². The third-order valence-corrected chi connectivity index (χ3v) is 2.93. The lowest BCUT2D eigenvalue weighted by Crippen LogP contribution is -2.17. The van der Waals surface area contributed by atoms with E-state index in [-0.39, 0.29) is 40.7 Å². The van der Waals surface area contributed by atoms with Crippen molar-refractivity contribution in [2.45, 2.75) is 19.8 Å². The summed E-state index contributed by atoms with van der Waals surface area (Å²) >= 11 is 11.6. The van der Waals surface area contributed by atoms with Gasteiger partial charge in [-0.3, -0.25) is 9.59 Å². The van der Waals surface area contributed by atoms with Gasteiger partial charge in [-0.2, -0.15) is 0 Å². The van der Waals surface area contributed by atoms with Crippen molar-refractivity contribution in [1.29, 1.82) is 0 Å². The molecule has 1 amide bonds. The average molecular weight is 334 g/mol. The van der Waals surface area contributed by atoms with Crippen LogP contribution in [0.2, 0.25) is 10.0 Å². The minimum absolute atomic E-state index is 0.00406. The van der Waals surface area contributed by atoms with E-state index < -0.39 is 17.8 Å². The molecule has 0 heterocycles. The van der Waals surface area contributed by atoms with Crippen LogP contribution in [-0.4, -0.2) is 29.6 Å². The van der Waals surface area contributed by atoms with E-state index in [0.717, 1.165) is 0 Å². The number of aromatic carboxylic acids is 1. The molecule has 2 N–H and O–H groups in total. The number of carboxylic acids is 1. The molecule has 0 aromatic heterocycles. The molecule has 8 heteroatoms. The first kappa shape index (κ1) is 17.3. The fourth-order valence-corrected chi connectivity index (χ4v) is 2.06. The number of carbonyl (C=O) groups excluding carboxylic acids is 2. The fourth-order valence-electron chi connectivity index (χ4n) is 1.52. The van der Waals surface area contributed by atoms with E-state index in [2.05, 4.69) is 10.1 Å². The first-order valence-electron chi connectivity index (χ1n) is 6.03. The normalized spacial score (nSPS) is 10.0. The van der Waals surface area contributed by atoms with Gasteiger partial charge in [0.05, 0.1) is 29.3 Å². The van der Waals surface area contributed by atoms with Crippen LogP contribution in [0, 0.1) is 0 Å². The standard InChI is InChI=1S/C13H13Cl2NO5/c1-2-21-11(18)4-3-10(17)16-12-8(13(19)20)5-7(14)6-9(12)15/h5-6H,2-4H2,1H3,(H,16,17)(H,19,20). The van der Waals surface area contributed by atoms with E-state index in [9.17, 15) is 14.4 Å². The highest BCUT2D eigenvalue weighted by molar-refractivity contribution is 6.37. The Hall–Kier alpha value is -1.79. The summed E-state index contributed by atoms with van der Waals surface area (Å²) in [5.74, 6) is -2.33. The molecule has 114 valence electrons. The molecule has 6 nitrogen and oxygen atoms in total. The molecular weight excluding hydrogens is 321 g/mol. The van der Waals surface area contributed by atoms with Crippen molar-refractivity contribution in [2.75, 3.05) is 11.9 Å². The molecular formula is C13H13Cl2NO5. The SMILES string of the molecule is CCOC(=O)CCC(=O)Nc1c(Cl)cc(Cl)cc1C(=O)O. The average Bonchev–Trinajstić information content (AvgIpc) is 2.39. The number of hydrogen-bond donors (Lipinski definition) is 2. The van der Waals surface area contributed by atoms with Crippen molar-refractivity contribution in [3.63, 3.8) is 0 Å². The summed E-state index contributed by atoms with van der Waals surface area (Å²) in [7, 11) is 0. The van der Waals surface area contributed by atoms with Gasteiger partial charge in [-0.05, 0) is 19.1 Å². The number of esters is 1. The second-order valence-electron chi connectivity index (χ2n) is 3.97. The number of carbonyl (C=O) groups is 3. The molecule has 0 saturated carbocycles. The molecule has 0 unspecified atom stereocenters. The summed E-state index contributed by atoms with van der Waals surface area (Å²) in [4.78, 5) is 34.0. The van der Waals surface area contributed by atoms with E-state index >= 15 is 0 Å². The number of halogens is 2. The molecule has 0 aliphatic carbocycles. The van der Waals surface area contributed by atoms with Crippen molar-refractivity contribution in [2.24, 2.45) is 0 Å². The van der Waals surface area contributed by atoms with E-state index in [4.69, 9.17) is 28.3 Å². The van der Waals surface area contributed by atoms with Gasteiger partial charge in [0.2, 0.25) is 5.91 Å². The Kier molecular flexibility index (Phi) is 6.45. The maximum atomic E-state index is 11.7. The first-order valence-corrected chi connectivity index (χ1v) is 6.78. The third-order valence-electron chi connectivity index (χ3n) is 2.41. The Balaban J connectivity index is 2.80. The number of hydrogen-bond acceptors (Lipinski definition) is 4. The molecule has 0 aliphatic rings. The molecule has 0 fully saturated rings. The van der Waals surface area contributed by atoms with Crippen LogP contribution in [0.15, 0.2) is 12.1 Å².